The van der Waals surface area contributed by atoms with Crippen molar-refractivity contribution >= 4 is 0 Å². The minimum atomic E-state index is 0.726. The van der Waals surface area contributed by atoms with E-state index in [0.29, 0.717) is 0 Å². The van der Waals surface area contributed by atoms with Gasteiger partial charge in [-0.1, -0.05) is 32.3 Å². The van der Waals surface area contributed by atoms with Crippen LogP contribution in [0, 0.1) is 5.92 Å². The molecule has 1 aromatic heterocycles. The minimum Gasteiger partial charge on any atom is -0.360 e. The first-order valence-corrected chi connectivity index (χ1v) is 6.49. The van der Waals surface area contributed by atoms with Crippen LogP contribution >= 0.6 is 0 Å². The third-order valence-corrected chi connectivity index (χ3v) is 2.91. The Morgan fingerprint density at radius 3 is 2.88 bits per heavy atom. The van der Waals surface area contributed by atoms with Gasteiger partial charge in [0.2, 0.25) is 0 Å². The van der Waals surface area contributed by atoms with Crippen LogP contribution in [0.25, 0.3) is 0 Å². The summed E-state index contributed by atoms with van der Waals surface area (Å²) in [5, 5.41) is 7.28. The molecule has 0 spiro atoms. The number of hydrogen-bond donors (Lipinski definition) is 1. The summed E-state index contributed by atoms with van der Waals surface area (Å²) in [4.78, 5) is 2.28. The molecular formula is C13H25N3O. The van der Waals surface area contributed by atoms with Crippen molar-refractivity contribution in [2.45, 2.75) is 40.3 Å². The van der Waals surface area contributed by atoms with Gasteiger partial charge in [-0.2, -0.15) is 0 Å². The van der Waals surface area contributed by atoms with Crippen LogP contribution < -0.4 is 5.32 Å². The highest BCUT2D eigenvalue weighted by Crippen LogP contribution is 2.09. The van der Waals surface area contributed by atoms with Crippen LogP contribution in [-0.2, 0) is 13.1 Å². The zero-order chi connectivity index (χ0) is 12.7. The molecule has 0 saturated carbocycles. The molecule has 1 N–H and O–H groups in total. The Morgan fingerprint density at radius 1 is 1.47 bits per heavy atom. The van der Waals surface area contributed by atoms with Crippen LogP contribution in [-0.4, -0.2) is 30.2 Å². The number of nitrogens with zero attached hydrogens (tertiary/aromatic N) is 2. The van der Waals surface area contributed by atoms with E-state index in [1.54, 1.807) is 0 Å². The second-order valence-electron chi connectivity index (χ2n) is 4.78. The van der Waals surface area contributed by atoms with E-state index in [-0.39, 0.29) is 0 Å². The molecule has 4 heteroatoms. The molecule has 0 radical (unpaired) electrons. The summed E-state index contributed by atoms with van der Waals surface area (Å²) in [5.74, 6) is 1.67. The van der Waals surface area contributed by atoms with Crippen molar-refractivity contribution in [2.75, 3.05) is 20.1 Å². The first kappa shape index (κ1) is 14.2. The second kappa shape index (κ2) is 7.45. The Morgan fingerprint density at radius 2 is 2.24 bits per heavy atom. The van der Waals surface area contributed by atoms with Crippen LogP contribution in [0.15, 0.2) is 10.6 Å². The molecule has 1 unspecified atom stereocenters. The summed E-state index contributed by atoms with van der Waals surface area (Å²) in [6.45, 7) is 10.3. The predicted molar refractivity (Wildman–Crippen MR) is 69.7 cm³/mol. The molecule has 1 rings (SSSR count). The lowest BCUT2D eigenvalue weighted by molar-refractivity contribution is 0.241. The number of rotatable bonds is 8. The van der Waals surface area contributed by atoms with Crippen molar-refractivity contribution in [1.82, 2.24) is 15.4 Å². The molecular weight excluding hydrogens is 214 g/mol. The van der Waals surface area contributed by atoms with Crippen LogP contribution in [0.1, 0.15) is 38.6 Å². The molecule has 0 aromatic carbocycles. The molecule has 0 fully saturated rings. The summed E-state index contributed by atoms with van der Waals surface area (Å²) >= 11 is 0. The van der Waals surface area contributed by atoms with E-state index >= 15 is 0 Å². The van der Waals surface area contributed by atoms with Crippen molar-refractivity contribution in [1.29, 1.82) is 0 Å². The first-order chi connectivity index (χ1) is 8.15. The average molecular weight is 239 g/mol. The standard InChI is InChI=1S/C13H25N3O/c1-5-11(3)9-16(4)10-13-7-12(15-17-13)8-14-6-2/h7,11,14H,5-6,8-10H2,1-4H3. The Kier molecular flexibility index (Phi) is 6.22. The molecule has 0 amide bonds. The first-order valence-electron chi connectivity index (χ1n) is 6.49. The summed E-state index contributed by atoms with van der Waals surface area (Å²) in [6, 6.07) is 2.04. The number of nitrogens with one attached hydrogen (secondary N) is 1. The highest BCUT2D eigenvalue weighted by Gasteiger charge is 2.09. The molecule has 17 heavy (non-hydrogen) atoms. The Labute approximate surface area is 104 Å². The van der Waals surface area contributed by atoms with Crippen molar-refractivity contribution in [2.24, 2.45) is 5.92 Å². The van der Waals surface area contributed by atoms with E-state index in [2.05, 4.69) is 43.2 Å². The van der Waals surface area contributed by atoms with E-state index in [9.17, 15) is 0 Å². The number of hydrogen-bond acceptors (Lipinski definition) is 4. The summed E-state index contributed by atoms with van der Waals surface area (Å²) in [7, 11) is 2.12. The van der Waals surface area contributed by atoms with Gasteiger partial charge in [-0.25, -0.2) is 0 Å². The molecule has 0 aliphatic heterocycles. The lowest BCUT2D eigenvalue weighted by atomic mass is 10.1. The third-order valence-electron chi connectivity index (χ3n) is 2.91. The van der Waals surface area contributed by atoms with Gasteiger partial charge in [-0.15, -0.1) is 0 Å². The second-order valence-corrected chi connectivity index (χ2v) is 4.78. The zero-order valence-electron chi connectivity index (χ0n) is 11.5. The van der Waals surface area contributed by atoms with E-state index in [1.807, 2.05) is 6.07 Å². The van der Waals surface area contributed by atoms with Crippen LogP contribution in [0.2, 0.25) is 0 Å². The Bertz CT molecular complexity index is 311. The van der Waals surface area contributed by atoms with Gasteiger partial charge in [0.15, 0.2) is 5.76 Å². The quantitative estimate of drug-likeness (QED) is 0.755. The van der Waals surface area contributed by atoms with Gasteiger partial charge in [-0.05, 0) is 19.5 Å². The van der Waals surface area contributed by atoms with Crippen molar-refractivity contribution in [3.8, 4) is 0 Å². The van der Waals surface area contributed by atoms with Gasteiger partial charge in [0.25, 0.3) is 0 Å². The maximum absolute atomic E-state index is 5.32. The molecule has 0 saturated heterocycles. The molecule has 4 nitrogen and oxygen atoms in total. The lowest BCUT2D eigenvalue weighted by Gasteiger charge is -2.18. The van der Waals surface area contributed by atoms with E-state index in [1.165, 1.54) is 6.42 Å². The van der Waals surface area contributed by atoms with Crippen LogP contribution in [0.5, 0.6) is 0 Å². The highest BCUT2D eigenvalue weighted by molar-refractivity contribution is 5.04. The topological polar surface area (TPSA) is 41.3 Å². The Hall–Kier alpha value is -0.870. The SMILES string of the molecule is CCNCc1cc(CN(C)CC(C)CC)on1. The minimum absolute atomic E-state index is 0.726. The average Bonchev–Trinajstić information content (AvgIpc) is 2.73. The third kappa shape index (κ3) is 5.33. The summed E-state index contributed by atoms with van der Waals surface area (Å²) in [5.41, 5.74) is 0.985. The fourth-order valence-corrected chi connectivity index (χ4v) is 1.76. The van der Waals surface area contributed by atoms with E-state index < -0.39 is 0 Å². The van der Waals surface area contributed by atoms with Gasteiger partial charge >= 0.3 is 0 Å². The number of aromatic nitrogens is 1. The predicted octanol–water partition coefficient (Wildman–Crippen LogP) is 2.26. The van der Waals surface area contributed by atoms with E-state index in [4.69, 9.17) is 4.52 Å². The van der Waals surface area contributed by atoms with Gasteiger partial charge in [0.05, 0.1) is 12.2 Å². The van der Waals surface area contributed by atoms with E-state index in [0.717, 1.165) is 43.6 Å². The highest BCUT2D eigenvalue weighted by atomic mass is 16.5. The maximum Gasteiger partial charge on any atom is 0.151 e. The van der Waals surface area contributed by atoms with Gasteiger partial charge < -0.3 is 9.84 Å². The lowest BCUT2D eigenvalue weighted by Crippen LogP contribution is -2.23. The monoisotopic (exact) mass is 239 g/mol. The maximum atomic E-state index is 5.32. The summed E-state index contributed by atoms with van der Waals surface area (Å²) < 4.78 is 5.32. The molecule has 0 aliphatic rings. The molecule has 1 atom stereocenters. The van der Waals surface area contributed by atoms with Crippen LogP contribution in [0.3, 0.4) is 0 Å². The summed E-state index contributed by atoms with van der Waals surface area (Å²) in [6.07, 6.45) is 1.21. The van der Waals surface area contributed by atoms with Crippen molar-refractivity contribution in [3.05, 3.63) is 17.5 Å². The van der Waals surface area contributed by atoms with Gasteiger partial charge in [0, 0.05) is 19.2 Å². The van der Waals surface area contributed by atoms with Gasteiger partial charge in [0.1, 0.15) is 0 Å². The fraction of sp³-hybridized carbons (Fsp3) is 0.769. The molecule has 0 aliphatic carbocycles. The molecule has 1 heterocycles. The van der Waals surface area contributed by atoms with Crippen molar-refractivity contribution < 1.29 is 4.52 Å². The Balaban J connectivity index is 2.37. The normalized spacial score (nSPS) is 13.2. The van der Waals surface area contributed by atoms with Crippen LogP contribution in [0.4, 0.5) is 0 Å². The van der Waals surface area contributed by atoms with Crippen molar-refractivity contribution in [3.63, 3.8) is 0 Å². The fourth-order valence-electron chi connectivity index (χ4n) is 1.76. The van der Waals surface area contributed by atoms with Gasteiger partial charge in [-0.3, -0.25) is 4.90 Å². The smallest absolute Gasteiger partial charge is 0.151 e. The molecule has 1 aromatic rings. The molecule has 0 bridgehead atoms. The largest absolute Gasteiger partial charge is 0.360 e. The zero-order valence-corrected chi connectivity index (χ0v) is 11.5. The molecule has 98 valence electrons.